The standard InChI is InChI=1S/C24H27ClN2O3/c1-3-5-11-23(28)26-22(20-9-7-6-8-10-20)18-30-24(29)27(16-4-2)17-19-12-14-21(25)15-13-19/h3-4,6-10,12-15,22H,1-2,5,11,16-18H2,(H,26,28)/t22-/m0/s1. The summed E-state index contributed by atoms with van der Waals surface area (Å²) in [6.45, 7) is 8.07. The highest BCUT2D eigenvalue weighted by Crippen LogP contribution is 2.16. The first-order valence-corrected chi connectivity index (χ1v) is 10.1. The van der Waals surface area contributed by atoms with Crippen LogP contribution in [0.4, 0.5) is 4.79 Å². The molecular weight excluding hydrogens is 400 g/mol. The molecule has 1 N–H and O–H groups in total. The summed E-state index contributed by atoms with van der Waals surface area (Å²) in [7, 11) is 0. The molecule has 2 aromatic carbocycles. The Hall–Kier alpha value is -3.05. The second-order valence-corrected chi connectivity index (χ2v) is 7.17. The molecule has 1 atom stereocenters. The Kier molecular flexibility index (Phi) is 9.68. The Morgan fingerprint density at radius 1 is 1.07 bits per heavy atom. The van der Waals surface area contributed by atoms with Gasteiger partial charge in [-0.25, -0.2) is 4.79 Å². The van der Waals surface area contributed by atoms with E-state index in [0.29, 0.717) is 31.0 Å². The summed E-state index contributed by atoms with van der Waals surface area (Å²) in [5.74, 6) is -0.121. The third-order valence-electron chi connectivity index (χ3n) is 4.38. The number of benzene rings is 2. The van der Waals surface area contributed by atoms with Crippen LogP contribution >= 0.6 is 11.6 Å². The van der Waals surface area contributed by atoms with Gasteiger partial charge < -0.3 is 15.0 Å². The molecule has 2 rings (SSSR count). The molecule has 0 radical (unpaired) electrons. The van der Waals surface area contributed by atoms with Gasteiger partial charge in [0.15, 0.2) is 0 Å². The number of carbonyl (C=O) groups is 2. The van der Waals surface area contributed by atoms with Crippen molar-refractivity contribution in [2.75, 3.05) is 13.2 Å². The summed E-state index contributed by atoms with van der Waals surface area (Å²) >= 11 is 5.93. The van der Waals surface area contributed by atoms with Gasteiger partial charge in [-0.2, -0.15) is 0 Å². The molecule has 30 heavy (non-hydrogen) atoms. The van der Waals surface area contributed by atoms with E-state index in [9.17, 15) is 9.59 Å². The first-order chi connectivity index (χ1) is 14.5. The third kappa shape index (κ3) is 7.76. The molecule has 0 aliphatic carbocycles. The van der Waals surface area contributed by atoms with Crippen LogP contribution in [0.3, 0.4) is 0 Å². The van der Waals surface area contributed by atoms with Gasteiger partial charge in [-0.15, -0.1) is 13.2 Å². The minimum atomic E-state index is -0.480. The van der Waals surface area contributed by atoms with Gasteiger partial charge in [-0.3, -0.25) is 4.79 Å². The van der Waals surface area contributed by atoms with Crippen LogP contribution in [0.25, 0.3) is 0 Å². The second-order valence-electron chi connectivity index (χ2n) is 6.73. The summed E-state index contributed by atoms with van der Waals surface area (Å²) in [5.41, 5.74) is 1.79. The molecule has 0 unspecified atom stereocenters. The molecule has 0 saturated heterocycles. The van der Waals surface area contributed by atoms with Crippen molar-refractivity contribution in [3.05, 3.63) is 96.1 Å². The average molecular weight is 427 g/mol. The smallest absolute Gasteiger partial charge is 0.410 e. The summed E-state index contributed by atoms with van der Waals surface area (Å²) in [6, 6.07) is 16.3. The Morgan fingerprint density at radius 3 is 2.40 bits per heavy atom. The van der Waals surface area contributed by atoms with Crippen molar-refractivity contribution in [1.29, 1.82) is 0 Å². The van der Waals surface area contributed by atoms with Crippen LogP contribution in [0.15, 0.2) is 79.9 Å². The molecule has 2 amide bonds. The number of rotatable bonds is 11. The van der Waals surface area contributed by atoms with Gasteiger partial charge in [-0.1, -0.05) is 66.2 Å². The number of ether oxygens (including phenoxy) is 1. The normalized spacial score (nSPS) is 11.2. The molecule has 0 heterocycles. The zero-order valence-corrected chi connectivity index (χ0v) is 17.7. The van der Waals surface area contributed by atoms with Crippen LogP contribution < -0.4 is 5.32 Å². The summed E-state index contributed by atoms with van der Waals surface area (Å²) < 4.78 is 5.55. The molecule has 5 nitrogen and oxygen atoms in total. The Bertz CT molecular complexity index is 837. The van der Waals surface area contributed by atoms with Gasteiger partial charge in [0, 0.05) is 24.5 Å². The molecule has 0 aromatic heterocycles. The molecule has 0 fully saturated rings. The number of hydrogen-bond donors (Lipinski definition) is 1. The third-order valence-corrected chi connectivity index (χ3v) is 4.63. The number of nitrogens with zero attached hydrogens (tertiary/aromatic N) is 1. The topological polar surface area (TPSA) is 58.6 Å². The van der Waals surface area contributed by atoms with Crippen molar-refractivity contribution in [3.63, 3.8) is 0 Å². The van der Waals surface area contributed by atoms with Crippen LogP contribution in [-0.2, 0) is 16.1 Å². The number of halogens is 1. The quantitative estimate of drug-likeness (QED) is 0.497. The highest BCUT2D eigenvalue weighted by Gasteiger charge is 2.20. The van der Waals surface area contributed by atoms with Crippen molar-refractivity contribution in [1.82, 2.24) is 10.2 Å². The zero-order valence-electron chi connectivity index (χ0n) is 16.9. The van der Waals surface area contributed by atoms with Gasteiger partial charge in [0.2, 0.25) is 5.91 Å². The molecule has 6 heteroatoms. The minimum Gasteiger partial charge on any atom is -0.447 e. The van der Waals surface area contributed by atoms with Crippen LogP contribution in [0.2, 0.25) is 5.02 Å². The maximum Gasteiger partial charge on any atom is 0.410 e. The number of carbonyl (C=O) groups excluding carboxylic acids is 2. The lowest BCUT2D eigenvalue weighted by atomic mass is 10.1. The maximum atomic E-state index is 12.7. The van der Waals surface area contributed by atoms with Crippen molar-refractivity contribution < 1.29 is 14.3 Å². The van der Waals surface area contributed by atoms with E-state index in [4.69, 9.17) is 16.3 Å². The van der Waals surface area contributed by atoms with E-state index in [1.54, 1.807) is 24.3 Å². The van der Waals surface area contributed by atoms with E-state index in [1.165, 1.54) is 4.90 Å². The van der Waals surface area contributed by atoms with Crippen molar-refractivity contribution >= 4 is 23.6 Å². The zero-order chi connectivity index (χ0) is 21.8. The van der Waals surface area contributed by atoms with E-state index >= 15 is 0 Å². The minimum absolute atomic E-state index is 0.0247. The molecular formula is C24H27ClN2O3. The molecule has 0 aliphatic rings. The van der Waals surface area contributed by atoms with E-state index < -0.39 is 12.1 Å². The van der Waals surface area contributed by atoms with Gasteiger partial charge in [0.1, 0.15) is 6.61 Å². The first kappa shape index (κ1) is 23.2. The number of hydrogen-bond acceptors (Lipinski definition) is 3. The summed E-state index contributed by atoms with van der Waals surface area (Å²) in [4.78, 5) is 26.4. The van der Waals surface area contributed by atoms with Crippen LogP contribution in [0.1, 0.15) is 30.0 Å². The lowest BCUT2D eigenvalue weighted by Crippen LogP contribution is -2.36. The fourth-order valence-electron chi connectivity index (χ4n) is 2.82. The summed E-state index contributed by atoms with van der Waals surface area (Å²) in [5, 5.41) is 3.57. The van der Waals surface area contributed by atoms with Gasteiger partial charge in [0.05, 0.1) is 6.04 Å². The largest absolute Gasteiger partial charge is 0.447 e. The van der Waals surface area contributed by atoms with Gasteiger partial charge in [-0.05, 0) is 29.7 Å². The Labute approximate surface area is 183 Å². The van der Waals surface area contributed by atoms with E-state index in [0.717, 1.165) is 11.1 Å². The number of allylic oxidation sites excluding steroid dienone is 1. The van der Waals surface area contributed by atoms with Gasteiger partial charge >= 0.3 is 6.09 Å². The van der Waals surface area contributed by atoms with Crippen molar-refractivity contribution in [2.45, 2.75) is 25.4 Å². The van der Waals surface area contributed by atoms with Crippen LogP contribution in [0, 0.1) is 0 Å². The maximum absolute atomic E-state index is 12.7. The van der Waals surface area contributed by atoms with Gasteiger partial charge in [0.25, 0.3) is 0 Å². The highest BCUT2D eigenvalue weighted by molar-refractivity contribution is 6.30. The molecule has 0 aliphatic heterocycles. The fourth-order valence-corrected chi connectivity index (χ4v) is 2.95. The molecule has 0 spiro atoms. The van der Waals surface area contributed by atoms with Crippen molar-refractivity contribution in [3.8, 4) is 0 Å². The lowest BCUT2D eigenvalue weighted by Gasteiger charge is -2.24. The Balaban J connectivity index is 2.03. The molecule has 0 bridgehead atoms. The molecule has 2 aromatic rings. The lowest BCUT2D eigenvalue weighted by molar-refractivity contribution is -0.122. The van der Waals surface area contributed by atoms with E-state index in [1.807, 2.05) is 42.5 Å². The monoisotopic (exact) mass is 426 g/mol. The molecule has 158 valence electrons. The van der Waals surface area contributed by atoms with Crippen LogP contribution in [-0.4, -0.2) is 30.1 Å². The van der Waals surface area contributed by atoms with E-state index in [2.05, 4.69) is 18.5 Å². The first-order valence-electron chi connectivity index (χ1n) is 9.75. The van der Waals surface area contributed by atoms with E-state index in [-0.39, 0.29) is 12.5 Å². The fraction of sp³-hybridized carbons (Fsp3) is 0.250. The highest BCUT2D eigenvalue weighted by atomic mass is 35.5. The number of amides is 2. The predicted molar refractivity (Wildman–Crippen MR) is 120 cm³/mol. The number of nitrogens with one attached hydrogen (secondary N) is 1. The Morgan fingerprint density at radius 2 is 1.77 bits per heavy atom. The van der Waals surface area contributed by atoms with Crippen molar-refractivity contribution in [2.24, 2.45) is 0 Å². The summed E-state index contributed by atoms with van der Waals surface area (Å²) in [6.07, 6.45) is 3.77. The SMILES string of the molecule is C=CCCC(=O)N[C@@H](COC(=O)N(CC=C)Cc1ccc(Cl)cc1)c1ccccc1. The average Bonchev–Trinajstić information content (AvgIpc) is 2.76. The predicted octanol–water partition coefficient (Wildman–Crippen LogP) is 5.29. The second kappa shape index (κ2) is 12.5. The molecule has 0 saturated carbocycles. The van der Waals surface area contributed by atoms with Crippen LogP contribution in [0.5, 0.6) is 0 Å².